The van der Waals surface area contributed by atoms with Crippen molar-refractivity contribution >= 4 is 17.8 Å². The Hall–Kier alpha value is -2.81. The predicted octanol–water partition coefficient (Wildman–Crippen LogP) is 1.32. The lowest BCUT2D eigenvalue weighted by molar-refractivity contribution is -0.159. The number of unbranched alkanes of at least 4 members (excludes halogenated alkanes) is 1. The summed E-state index contributed by atoms with van der Waals surface area (Å²) >= 11 is 0. The van der Waals surface area contributed by atoms with Crippen molar-refractivity contribution in [3.63, 3.8) is 0 Å². The summed E-state index contributed by atoms with van der Waals surface area (Å²) in [6.45, 7) is 4.06. The van der Waals surface area contributed by atoms with E-state index in [4.69, 9.17) is 29.3 Å². The summed E-state index contributed by atoms with van der Waals surface area (Å²) in [7, 11) is 5.52. The zero-order chi connectivity index (χ0) is 20.8. The molecule has 0 aliphatic heterocycles. The second kappa shape index (κ2) is 13.4. The number of hydrogen-bond donors (Lipinski definition) is 3. The molecule has 1 rings (SSSR count). The number of para-hydroxylation sites is 1. The predicted molar refractivity (Wildman–Crippen MR) is 99.6 cm³/mol. The van der Waals surface area contributed by atoms with E-state index in [1.54, 1.807) is 25.3 Å². The number of amides is 1. The van der Waals surface area contributed by atoms with Crippen LogP contribution < -0.4 is 14.8 Å². The number of hydrogen-bond acceptors (Lipinski definition) is 6. The summed E-state index contributed by atoms with van der Waals surface area (Å²) in [5, 5.41) is 17.7. The minimum absolute atomic E-state index is 0.137. The lowest BCUT2D eigenvalue weighted by atomic mass is 10.1. The molecule has 0 saturated heterocycles. The molecule has 1 aromatic rings. The van der Waals surface area contributed by atoms with Crippen LogP contribution in [-0.2, 0) is 9.59 Å². The SMILES string of the molecule is CCCCOc1c(OC)cccc1C(=O)NCCN(C)C.O=C(O)C(=O)O. The third-order valence-corrected chi connectivity index (χ3v) is 3.22. The molecule has 0 unspecified atom stereocenters. The summed E-state index contributed by atoms with van der Waals surface area (Å²) in [4.78, 5) is 32.5. The van der Waals surface area contributed by atoms with Crippen LogP contribution in [0.2, 0.25) is 0 Å². The molecule has 9 nitrogen and oxygen atoms in total. The topological polar surface area (TPSA) is 125 Å². The molecule has 1 amide bonds. The van der Waals surface area contributed by atoms with Crippen molar-refractivity contribution < 1.29 is 34.1 Å². The van der Waals surface area contributed by atoms with Crippen molar-refractivity contribution in [1.82, 2.24) is 10.2 Å². The highest BCUT2D eigenvalue weighted by molar-refractivity contribution is 6.27. The van der Waals surface area contributed by atoms with E-state index in [1.807, 2.05) is 19.0 Å². The second-order valence-corrected chi connectivity index (χ2v) is 5.71. The van der Waals surface area contributed by atoms with E-state index in [1.165, 1.54) is 0 Å². The third-order valence-electron chi connectivity index (χ3n) is 3.22. The van der Waals surface area contributed by atoms with Crippen molar-refractivity contribution in [2.75, 3.05) is 40.9 Å². The van der Waals surface area contributed by atoms with Crippen LogP contribution in [0.1, 0.15) is 30.1 Å². The second-order valence-electron chi connectivity index (χ2n) is 5.71. The van der Waals surface area contributed by atoms with Gasteiger partial charge in [0.05, 0.1) is 19.3 Å². The molecule has 0 aliphatic rings. The average molecular weight is 384 g/mol. The Balaban J connectivity index is 0.000000972. The van der Waals surface area contributed by atoms with Gasteiger partial charge in [-0.25, -0.2) is 9.59 Å². The van der Waals surface area contributed by atoms with Crippen molar-refractivity contribution in [2.24, 2.45) is 0 Å². The summed E-state index contributed by atoms with van der Waals surface area (Å²) in [5.74, 6) is -2.67. The van der Waals surface area contributed by atoms with Crippen molar-refractivity contribution in [3.05, 3.63) is 23.8 Å². The van der Waals surface area contributed by atoms with Gasteiger partial charge in [0.25, 0.3) is 5.91 Å². The van der Waals surface area contributed by atoms with Crippen molar-refractivity contribution in [1.29, 1.82) is 0 Å². The number of nitrogens with one attached hydrogen (secondary N) is 1. The van der Waals surface area contributed by atoms with Gasteiger partial charge < -0.3 is 29.9 Å². The quantitative estimate of drug-likeness (QED) is 0.430. The number of aliphatic carboxylic acids is 2. The smallest absolute Gasteiger partial charge is 0.414 e. The molecule has 0 heterocycles. The van der Waals surface area contributed by atoms with Crippen LogP contribution in [0.4, 0.5) is 0 Å². The first-order valence-electron chi connectivity index (χ1n) is 8.43. The van der Waals surface area contributed by atoms with Crippen molar-refractivity contribution in [3.8, 4) is 11.5 Å². The summed E-state index contributed by atoms with van der Waals surface area (Å²) in [6.07, 6.45) is 1.99. The van der Waals surface area contributed by atoms with E-state index < -0.39 is 11.9 Å². The summed E-state index contributed by atoms with van der Waals surface area (Å²) < 4.78 is 11.0. The van der Waals surface area contributed by atoms with E-state index in [-0.39, 0.29) is 5.91 Å². The minimum Gasteiger partial charge on any atom is -0.493 e. The molecule has 152 valence electrons. The molecule has 0 radical (unpaired) electrons. The normalized spacial score (nSPS) is 9.81. The number of carbonyl (C=O) groups excluding carboxylic acids is 1. The molecular weight excluding hydrogens is 356 g/mol. The lowest BCUT2D eigenvalue weighted by Crippen LogP contribution is -2.31. The Morgan fingerprint density at radius 3 is 2.26 bits per heavy atom. The van der Waals surface area contributed by atoms with E-state index >= 15 is 0 Å². The number of carboxylic acids is 2. The highest BCUT2D eigenvalue weighted by Crippen LogP contribution is 2.31. The first-order chi connectivity index (χ1) is 12.7. The first-order valence-corrected chi connectivity index (χ1v) is 8.43. The molecular formula is C18H28N2O7. The van der Waals surface area contributed by atoms with Crippen LogP contribution in [0.25, 0.3) is 0 Å². The van der Waals surface area contributed by atoms with E-state index in [9.17, 15) is 4.79 Å². The maximum absolute atomic E-state index is 12.3. The fourth-order valence-electron chi connectivity index (χ4n) is 1.81. The molecule has 0 aromatic heterocycles. The number of carboxylic acid groups (broad SMARTS) is 2. The monoisotopic (exact) mass is 384 g/mol. The highest BCUT2D eigenvalue weighted by Gasteiger charge is 2.16. The molecule has 0 bridgehead atoms. The summed E-state index contributed by atoms with van der Waals surface area (Å²) in [6, 6.07) is 5.36. The molecule has 0 spiro atoms. The number of carbonyl (C=O) groups is 3. The lowest BCUT2D eigenvalue weighted by Gasteiger charge is -2.15. The van der Waals surface area contributed by atoms with Gasteiger partial charge in [-0.3, -0.25) is 4.79 Å². The third kappa shape index (κ3) is 10.0. The Morgan fingerprint density at radius 1 is 1.15 bits per heavy atom. The van der Waals surface area contributed by atoms with Gasteiger partial charge in [0.1, 0.15) is 0 Å². The fraction of sp³-hybridized carbons (Fsp3) is 0.500. The Kier molecular flexibility index (Phi) is 12.0. The van der Waals surface area contributed by atoms with Crippen LogP contribution >= 0.6 is 0 Å². The molecule has 1 aromatic carbocycles. The zero-order valence-corrected chi connectivity index (χ0v) is 16.2. The molecule has 0 saturated carbocycles. The van der Waals surface area contributed by atoms with Crippen LogP contribution in [0.3, 0.4) is 0 Å². The van der Waals surface area contributed by atoms with Gasteiger partial charge >= 0.3 is 11.9 Å². The fourth-order valence-corrected chi connectivity index (χ4v) is 1.81. The van der Waals surface area contributed by atoms with E-state index in [0.717, 1.165) is 19.4 Å². The molecule has 0 aliphatic carbocycles. The standard InChI is InChI=1S/C16H26N2O3.C2H2O4/c1-5-6-12-21-15-13(8-7-9-14(15)20-4)16(19)17-10-11-18(2)3;3-1(4)2(5)6/h7-9H,5-6,10-12H2,1-4H3,(H,17,19);(H,3,4)(H,5,6). The molecule has 9 heteroatoms. The van der Waals surface area contributed by atoms with Gasteiger partial charge in [-0.2, -0.15) is 0 Å². The molecule has 27 heavy (non-hydrogen) atoms. The maximum atomic E-state index is 12.3. The number of ether oxygens (including phenoxy) is 2. The van der Waals surface area contributed by atoms with Crippen LogP contribution in [0.5, 0.6) is 11.5 Å². The largest absolute Gasteiger partial charge is 0.493 e. The Morgan fingerprint density at radius 2 is 1.78 bits per heavy atom. The maximum Gasteiger partial charge on any atom is 0.414 e. The van der Waals surface area contributed by atoms with Crippen LogP contribution in [0.15, 0.2) is 18.2 Å². The minimum atomic E-state index is -1.82. The number of nitrogens with zero attached hydrogens (tertiary/aromatic N) is 1. The van der Waals surface area contributed by atoms with Gasteiger partial charge in [-0.1, -0.05) is 19.4 Å². The molecule has 3 N–H and O–H groups in total. The van der Waals surface area contributed by atoms with Crippen LogP contribution in [0, 0.1) is 0 Å². The van der Waals surface area contributed by atoms with Gasteiger partial charge in [0.15, 0.2) is 11.5 Å². The summed E-state index contributed by atoms with van der Waals surface area (Å²) in [5.41, 5.74) is 0.518. The highest BCUT2D eigenvalue weighted by atomic mass is 16.5. The van der Waals surface area contributed by atoms with Gasteiger partial charge in [-0.15, -0.1) is 0 Å². The number of benzene rings is 1. The first kappa shape index (κ1) is 24.2. The Labute approximate surface area is 158 Å². The molecule has 0 atom stereocenters. The van der Waals surface area contributed by atoms with E-state index in [2.05, 4.69) is 12.2 Å². The van der Waals surface area contributed by atoms with Crippen LogP contribution in [-0.4, -0.2) is 73.9 Å². The number of rotatable bonds is 9. The number of likely N-dealkylation sites (N-methyl/N-ethyl adjacent to an activating group) is 1. The van der Waals surface area contributed by atoms with Gasteiger partial charge in [0.2, 0.25) is 0 Å². The number of methoxy groups -OCH3 is 1. The zero-order valence-electron chi connectivity index (χ0n) is 16.2. The molecule has 0 fully saturated rings. The van der Waals surface area contributed by atoms with Gasteiger partial charge in [0, 0.05) is 13.1 Å². The van der Waals surface area contributed by atoms with E-state index in [0.29, 0.717) is 30.2 Å². The van der Waals surface area contributed by atoms with Gasteiger partial charge in [-0.05, 0) is 32.6 Å². The Bertz CT molecular complexity index is 606. The average Bonchev–Trinajstić information content (AvgIpc) is 2.61. The van der Waals surface area contributed by atoms with Crippen molar-refractivity contribution in [2.45, 2.75) is 19.8 Å².